The van der Waals surface area contributed by atoms with Crippen molar-refractivity contribution in [2.45, 2.75) is 32.2 Å². The maximum atomic E-state index is 9.68. The first-order chi connectivity index (χ1) is 5.47. The van der Waals surface area contributed by atoms with E-state index in [2.05, 4.69) is 11.8 Å². The van der Waals surface area contributed by atoms with Crippen LogP contribution in [0, 0.1) is 11.8 Å². The van der Waals surface area contributed by atoms with Crippen LogP contribution in [0.4, 0.5) is 0 Å². The van der Waals surface area contributed by atoms with Crippen LogP contribution in [0.25, 0.3) is 0 Å². The molecule has 0 atom stereocenters. The highest BCUT2D eigenvalue weighted by molar-refractivity contribution is 5.13. The van der Waals surface area contributed by atoms with E-state index < -0.39 is 11.4 Å². The van der Waals surface area contributed by atoms with Gasteiger partial charge < -0.3 is 14.6 Å². The Morgan fingerprint density at radius 2 is 1.75 bits per heavy atom. The Morgan fingerprint density at radius 1 is 1.25 bits per heavy atom. The Kier molecular flexibility index (Phi) is 2.43. The first-order valence-corrected chi connectivity index (χ1v) is 3.92. The maximum absolute atomic E-state index is 9.68. The number of rotatable bonds is 0. The van der Waals surface area contributed by atoms with Crippen LogP contribution in [-0.4, -0.2) is 29.7 Å². The molecule has 0 amide bonds. The van der Waals surface area contributed by atoms with Crippen molar-refractivity contribution in [2.75, 3.05) is 13.2 Å². The van der Waals surface area contributed by atoms with E-state index in [1.54, 1.807) is 6.92 Å². The fourth-order valence-corrected chi connectivity index (χ4v) is 0.975. The molecule has 1 heterocycles. The van der Waals surface area contributed by atoms with Crippen molar-refractivity contribution in [3.8, 4) is 11.8 Å². The van der Waals surface area contributed by atoms with Gasteiger partial charge in [0.1, 0.15) is 0 Å². The van der Waals surface area contributed by atoms with Gasteiger partial charge in [0.25, 0.3) is 0 Å². The molecule has 0 bridgehead atoms. The van der Waals surface area contributed by atoms with E-state index in [1.165, 1.54) is 0 Å². The van der Waals surface area contributed by atoms with Crippen molar-refractivity contribution in [3.05, 3.63) is 0 Å². The quantitative estimate of drug-likeness (QED) is 0.539. The van der Waals surface area contributed by atoms with Gasteiger partial charge in [0.15, 0.2) is 11.4 Å². The lowest BCUT2D eigenvalue weighted by molar-refractivity contribution is -0.288. The van der Waals surface area contributed by atoms with Crippen LogP contribution in [0.1, 0.15) is 20.8 Å². The molecule has 0 aromatic heterocycles. The molecule has 12 heavy (non-hydrogen) atoms. The molecule has 0 spiro atoms. The van der Waals surface area contributed by atoms with Crippen LogP contribution in [0.2, 0.25) is 0 Å². The average molecular weight is 170 g/mol. The SMILES string of the molecule is CC#CC1(O)COC(C)(C)OC1. The Bertz CT molecular complexity index is 212. The summed E-state index contributed by atoms with van der Waals surface area (Å²) in [5, 5.41) is 9.68. The van der Waals surface area contributed by atoms with E-state index in [1.807, 2.05) is 13.8 Å². The maximum Gasteiger partial charge on any atom is 0.172 e. The number of aliphatic hydroxyl groups is 1. The van der Waals surface area contributed by atoms with E-state index in [-0.39, 0.29) is 13.2 Å². The average Bonchev–Trinajstić information content (AvgIpc) is 1.98. The molecule has 3 heteroatoms. The number of hydrogen-bond donors (Lipinski definition) is 1. The third kappa shape index (κ3) is 2.21. The predicted octanol–water partition coefficient (Wildman–Crippen LogP) is 0.524. The van der Waals surface area contributed by atoms with Gasteiger partial charge in [-0.05, 0) is 20.8 Å². The molecule has 1 fully saturated rings. The van der Waals surface area contributed by atoms with E-state index >= 15 is 0 Å². The second-order valence-electron chi connectivity index (χ2n) is 3.38. The summed E-state index contributed by atoms with van der Waals surface area (Å²) in [5.74, 6) is 4.70. The van der Waals surface area contributed by atoms with Crippen molar-refractivity contribution < 1.29 is 14.6 Å². The van der Waals surface area contributed by atoms with Gasteiger partial charge in [-0.15, -0.1) is 5.92 Å². The molecule has 1 aliphatic heterocycles. The molecule has 0 unspecified atom stereocenters. The van der Waals surface area contributed by atoms with Gasteiger partial charge >= 0.3 is 0 Å². The van der Waals surface area contributed by atoms with Crippen LogP contribution in [-0.2, 0) is 9.47 Å². The zero-order chi connectivity index (χ0) is 9.24. The molecule has 1 N–H and O–H groups in total. The lowest BCUT2D eigenvalue weighted by Crippen LogP contribution is -2.50. The van der Waals surface area contributed by atoms with Gasteiger partial charge in [0.2, 0.25) is 0 Å². The highest BCUT2D eigenvalue weighted by Gasteiger charge is 2.36. The van der Waals surface area contributed by atoms with Gasteiger partial charge in [0.05, 0.1) is 13.2 Å². The molecular formula is C9H14O3. The van der Waals surface area contributed by atoms with Crippen molar-refractivity contribution in [1.29, 1.82) is 0 Å². The van der Waals surface area contributed by atoms with Gasteiger partial charge in [-0.2, -0.15) is 0 Å². The van der Waals surface area contributed by atoms with Crippen LogP contribution in [0.5, 0.6) is 0 Å². The number of hydrogen-bond acceptors (Lipinski definition) is 3. The summed E-state index contributed by atoms with van der Waals surface area (Å²) in [6, 6.07) is 0. The van der Waals surface area contributed by atoms with E-state index in [0.717, 1.165) is 0 Å². The fraction of sp³-hybridized carbons (Fsp3) is 0.778. The van der Waals surface area contributed by atoms with E-state index in [9.17, 15) is 5.11 Å². The summed E-state index contributed by atoms with van der Waals surface area (Å²) in [7, 11) is 0. The standard InChI is InChI=1S/C9H14O3/c1-4-5-9(10)6-11-8(2,3)12-7-9/h10H,6-7H2,1-3H3. The van der Waals surface area contributed by atoms with Gasteiger partial charge in [0, 0.05) is 0 Å². The summed E-state index contributed by atoms with van der Waals surface area (Å²) >= 11 is 0. The normalized spacial score (nSPS) is 25.7. The third-order valence-electron chi connectivity index (χ3n) is 1.67. The lowest BCUT2D eigenvalue weighted by atomic mass is 10.1. The van der Waals surface area contributed by atoms with Crippen LogP contribution in [0.15, 0.2) is 0 Å². The van der Waals surface area contributed by atoms with Crippen molar-refractivity contribution in [2.24, 2.45) is 0 Å². The molecule has 0 radical (unpaired) electrons. The van der Waals surface area contributed by atoms with Gasteiger partial charge in [-0.1, -0.05) is 5.92 Å². The van der Waals surface area contributed by atoms with E-state index in [0.29, 0.717) is 0 Å². The first kappa shape index (κ1) is 9.53. The monoisotopic (exact) mass is 170 g/mol. The Hall–Kier alpha value is -0.560. The molecule has 1 rings (SSSR count). The van der Waals surface area contributed by atoms with Gasteiger partial charge in [-0.3, -0.25) is 0 Å². The highest BCUT2D eigenvalue weighted by atomic mass is 16.7. The molecule has 0 aromatic rings. The van der Waals surface area contributed by atoms with Crippen LogP contribution >= 0.6 is 0 Å². The second kappa shape index (κ2) is 3.06. The molecule has 0 aromatic carbocycles. The minimum atomic E-state index is -1.12. The zero-order valence-corrected chi connectivity index (χ0v) is 7.68. The Morgan fingerprint density at radius 3 is 2.17 bits per heavy atom. The van der Waals surface area contributed by atoms with Gasteiger partial charge in [-0.25, -0.2) is 0 Å². The summed E-state index contributed by atoms with van der Waals surface area (Å²) in [5.41, 5.74) is -1.12. The zero-order valence-electron chi connectivity index (χ0n) is 7.68. The van der Waals surface area contributed by atoms with Crippen molar-refractivity contribution in [3.63, 3.8) is 0 Å². The molecule has 0 saturated carbocycles. The molecule has 1 saturated heterocycles. The fourth-order valence-electron chi connectivity index (χ4n) is 0.975. The topological polar surface area (TPSA) is 38.7 Å². The molecular weight excluding hydrogens is 156 g/mol. The van der Waals surface area contributed by atoms with Crippen LogP contribution in [0.3, 0.4) is 0 Å². The van der Waals surface area contributed by atoms with Crippen molar-refractivity contribution in [1.82, 2.24) is 0 Å². The second-order valence-corrected chi connectivity index (χ2v) is 3.38. The largest absolute Gasteiger partial charge is 0.373 e. The predicted molar refractivity (Wildman–Crippen MR) is 44.4 cm³/mol. The molecule has 68 valence electrons. The smallest absolute Gasteiger partial charge is 0.172 e. The minimum Gasteiger partial charge on any atom is -0.373 e. The van der Waals surface area contributed by atoms with Crippen LogP contribution < -0.4 is 0 Å². The summed E-state index contributed by atoms with van der Waals surface area (Å²) < 4.78 is 10.5. The minimum absolute atomic E-state index is 0.209. The molecule has 0 aliphatic carbocycles. The van der Waals surface area contributed by atoms with Crippen molar-refractivity contribution >= 4 is 0 Å². The number of ether oxygens (including phenoxy) is 2. The lowest BCUT2D eigenvalue weighted by Gasteiger charge is -2.37. The highest BCUT2D eigenvalue weighted by Crippen LogP contribution is 2.22. The molecule has 3 nitrogen and oxygen atoms in total. The summed E-state index contributed by atoms with van der Waals surface area (Å²) in [6.45, 7) is 5.72. The summed E-state index contributed by atoms with van der Waals surface area (Å²) in [4.78, 5) is 0. The van der Waals surface area contributed by atoms with E-state index in [4.69, 9.17) is 9.47 Å². The Balaban J connectivity index is 2.59. The first-order valence-electron chi connectivity index (χ1n) is 3.92. The molecule has 1 aliphatic rings. The summed E-state index contributed by atoms with van der Waals surface area (Å²) in [6.07, 6.45) is 0. The Labute approximate surface area is 72.7 Å². The third-order valence-corrected chi connectivity index (χ3v) is 1.67.